The maximum absolute atomic E-state index is 9.50. The van der Waals surface area contributed by atoms with E-state index in [-0.39, 0.29) is 99.2 Å². The van der Waals surface area contributed by atoms with Gasteiger partial charge in [-0.1, -0.05) is 121 Å². The van der Waals surface area contributed by atoms with E-state index in [1.807, 2.05) is 60.7 Å². The minimum Gasteiger partial charge on any atom is -0.208 e. The fourth-order valence-corrected chi connectivity index (χ4v) is 7.76. The SMILES string of the molecule is [2H]c1c([2H])c([2H])c2c(sc3c([2H])c(-c4nc(-c5ccc(-c6cccc(-c7ccccc7)c6)cc5)nc(-c5c([2H])c([2H])c6sc7c([2H])c([2H])c([2H])c([2H])c7c6c5[2H])n4)c([2H])c([2H])c32)c1[2H]. The summed E-state index contributed by atoms with van der Waals surface area (Å²) in [7, 11) is 0. The Hall–Kier alpha value is -6.01. The molecule has 0 spiro atoms. The largest absolute Gasteiger partial charge is 0.208 e. The molecule has 0 atom stereocenters. The molecule has 10 aromatic rings. The van der Waals surface area contributed by atoms with Gasteiger partial charge in [0.2, 0.25) is 0 Å². The number of fused-ring (bicyclic) bond motifs is 6. The molecule has 3 nitrogen and oxygen atoms in total. The zero-order valence-corrected chi connectivity index (χ0v) is 27.3. The third kappa shape index (κ3) is 5.07. The van der Waals surface area contributed by atoms with Crippen molar-refractivity contribution in [2.45, 2.75) is 0 Å². The first kappa shape index (κ1) is 18.1. The molecule has 0 bridgehead atoms. The predicted molar refractivity (Wildman–Crippen MR) is 213 cm³/mol. The Kier molecular flexibility index (Phi) is 4.29. The second kappa shape index (κ2) is 11.8. The van der Waals surface area contributed by atoms with Crippen molar-refractivity contribution in [2.24, 2.45) is 0 Å². The van der Waals surface area contributed by atoms with E-state index < -0.39 is 54.4 Å². The maximum atomic E-state index is 9.50. The van der Waals surface area contributed by atoms with E-state index in [1.165, 1.54) is 0 Å². The third-order valence-electron chi connectivity index (χ3n) is 8.30. The molecule has 0 unspecified atom stereocenters. The van der Waals surface area contributed by atoms with Gasteiger partial charge in [0, 0.05) is 57.0 Å². The van der Waals surface area contributed by atoms with Crippen LogP contribution in [-0.2, 0) is 0 Å². The van der Waals surface area contributed by atoms with Gasteiger partial charge in [-0.3, -0.25) is 0 Å². The summed E-state index contributed by atoms with van der Waals surface area (Å²) in [6.07, 6.45) is 0. The molecule has 0 N–H and O–H groups in total. The van der Waals surface area contributed by atoms with Crippen LogP contribution in [-0.4, -0.2) is 15.0 Å². The number of nitrogens with zero attached hydrogens (tertiary/aromatic N) is 3. The van der Waals surface area contributed by atoms with Crippen molar-refractivity contribution in [1.82, 2.24) is 15.0 Å². The number of hydrogen-bond donors (Lipinski definition) is 0. The monoisotopic (exact) mass is 687 g/mol. The normalized spacial score (nSPS) is 15.5. The Labute approximate surface area is 316 Å². The quantitative estimate of drug-likeness (QED) is 0.181. The van der Waals surface area contributed by atoms with Crippen LogP contribution >= 0.6 is 22.7 Å². The van der Waals surface area contributed by atoms with Crippen LogP contribution in [0.5, 0.6) is 0 Å². The lowest BCUT2D eigenvalue weighted by atomic mass is 9.98. The molecule has 10 rings (SSSR count). The first-order valence-corrected chi connectivity index (χ1v) is 17.1. The second-order valence-corrected chi connectivity index (χ2v) is 13.4. The van der Waals surface area contributed by atoms with E-state index in [2.05, 4.69) is 11.1 Å². The van der Waals surface area contributed by atoms with E-state index in [4.69, 9.17) is 23.7 Å². The summed E-state index contributed by atoms with van der Waals surface area (Å²) in [4.78, 5) is 14.1. The molecule has 5 heteroatoms. The van der Waals surface area contributed by atoms with Gasteiger partial charge < -0.3 is 0 Å². The number of thiophene rings is 2. The molecule has 3 aromatic heterocycles. The van der Waals surface area contributed by atoms with Crippen LogP contribution in [0.1, 0.15) is 19.2 Å². The first-order valence-electron chi connectivity index (χ1n) is 22.5. The molecule has 50 heavy (non-hydrogen) atoms. The molecule has 0 aliphatic rings. The van der Waals surface area contributed by atoms with E-state index in [9.17, 15) is 5.48 Å². The van der Waals surface area contributed by atoms with E-state index in [0.717, 1.165) is 44.9 Å². The summed E-state index contributed by atoms with van der Waals surface area (Å²) >= 11 is 1.76. The summed E-state index contributed by atoms with van der Waals surface area (Å²) in [5.41, 5.74) is 3.79. The molecule has 0 radical (unpaired) electrons. The molecule has 0 saturated heterocycles. The Balaban J connectivity index is 1.23. The van der Waals surface area contributed by atoms with Crippen LogP contribution in [0.15, 0.2) is 163 Å². The highest BCUT2D eigenvalue weighted by Gasteiger charge is 2.16. The minimum atomic E-state index is -0.527. The van der Waals surface area contributed by atoms with Crippen LogP contribution in [0.3, 0.4) is 0 Å². The molecule has 0 aliphatic carbocycles. The van der Waals surface area contributed by atoms with Crippen molar-refractivity contribution in [2.75, 3.05) is 0 Å². The summed E-state index contributed by atoms with van der Waals surface area (Å²) in [5, 5.41) is 0.0477. The van der Waals surface area contributed by atoms with E-state index in [0.29, 0.717) is 5.56 Å². The number of hydrogen-bond acceptors (Lipinski definition) is 5. The van der Waals surface area contributed by atoms with Crippen molar-refractivity contribution < 1.29 is 19.2 Å². The highest BCUT2D eigenvalue weighted by Crippen LogP contribution is 2.38. The molecule has 0 saturated carbocycles. The standard InChI is InChI=1S/C45H27N3S2/c1-2-9-28(10-3-1)31-11-8-12-32(25-31)29-17-19-30(20-18-29)43-46-44(33-22-24-41-38(26-33)36-14-5-7-16-40(36)49-41)48-45(47-43)34-21-23-37-35-13-4-6-15-39(35)50-42(37)27-34/h1-27H/i4D,5D,6D,7D,13D,14D,15D,16D,21D,22D,23D,24D,26D,27D. The van der Waals surface area contributed by atoms with Crippen LogP contribution in [0.2, 0.25) is 0 Å². The molecule has 3 heterocycles. The lowest BCUT2D eigenvalue weighted by Crippen LogP contribution is -2.00. The molecule has 0 aliphatic heterocycles. The fraction of sp³-hybridized carbons (Fsp3) is 0. The molecule has 234 valence electrons. The van der Waals surface area contributed by atoms with Gasteiger partial charge in [0.25, 0.3) is 0 Å². The Morgan fingerprint density at radius 3 is 1.58 bits per heavy atom. The minimum absolute atomic E-state index is 0.00605. The first-order chi connectivity index (χ1) is 30.6. The summed E-state index contributed by atoms with van der Waals surface area (Å²) in [5.74, 6) is -0.593. The van der Waals surface area contributed by atoms with Crippen molar-refractivity contribution in [3.63, 3.8) is 0 Å². The smallest absolute Gasteiger partial charge is 0.164 e. The average molecular weight is 688 g/mol. The van der Waals surface area contributed by atoms with Crippen LogP contribution < -0.4 is 0 Å². The summed E-state index contributed by atoms with van der Waals surface area (Å²) < 4.78 is 124. The van der Waals surface area contributed by atoms with Gasteiger partial charge in [-0.2, -0.15) is 0 Å². The second-order valence-electron chi connectivity index (χ2n) is 11.4. The molecule has 0 fully saturated rings. The number of aromatic nitrogens is 3. The fourth-order valence-electron chi connectivity index (χ4n) is 5.87. The molecule has 7 aromatic carbocycles. The Morgan fingerprint density at radius 1 is 0.360 bits per heavy atom. The highest BCUT2D eigenvalue weighted by atomic mass is 32.1. The van der Waals surface area contributed by atoms with Gasteiger partial charge in [-0.05, 0) is 64.6 Å². The van der Waals surface area contributed by atoms with Gasteiger partial charge in [0.1, 0.15) is 0 Å². The van der Waals surface area contributed by atoms with Crippen LogP contribution in [0.4, 0.5) is 0 Å². The van der Waals surface area contributed by atoms with E-state index >= 15 is 0 Å². The van der Waals surface area contributed by atoms with Crippen LogP contribution in [0.25, 0.3) is 96.8 Å². The molecule has 0 amide bonds. The van der Waals surface area contributed by atoms with Crippen LogP contribution in [0, 0.1) is 0 Å². The lowest BCUT2D eigenvalue weighted by molar-refractivity contribution is 1.08. The maximum Gasteiger partial charge on any atom is 0.164 e. The Morgan fingerprint density at radius 2 is 0.860 bits per heavy atom. The van der Waals surface area contributed by atoms with Gasteiger partial charge in [-0.25, -0.2) is 15.0 Å². The zero-order chi connectivity index (χ0) is 45.2. The zero-order valence-electron chi connectivity index (χ0n) is 39.7. The Bertz CT molecular complexity index is 3670. The van der Waals surface area contributed by atoms with Crippen molar-refractivity contribution >= 4 is 63.0 Å². The number of rotatable bonds is 5. The van der Waals surface area contributed by atoms with Crippen molar-refractivity contribution in [3.05, 3.63) is 163 Å². The van der Waals surface area contributed by atoms with Crippen molar-refractivity contribution in [1.29, 1.82) is 0 Å². The van der Waals surface area contributed by atoms with Gasteiger partial charge >= 0.3 is 0 Å². The average Bonchev–Trinajstić information content (AvgIpc) is 3.92. The van der Waals surface area contributed by atoms with Gasteiger partial charge in [0.05, 0.1) is 19.2 Å². The lowest BCUT2D eigenvalue weighted by Gasteiger charge is -2.10. The summed E-state index contributed by atoms with van der Waals surface area (Å²) in [6.45, 7) is 0. The molecular weight excluding hydrogens is 647 g/mol. The van der Waals surface area contributed by atoms with Crippen molar-refractivity contribution in [3.8, 4) is 56.4 Å². The highest BCUT2D eigenvalue weighted by molar-refractivity contribution is 7.26. The van der Waals surface area contributed by atoms with Gasteiger partial charge in [-0.15, -0.1) is 22.7 Å². The topological polar surface area (TPSA) is 38.7 Å². The molecular formula is C45H27N3S2. The summed E-state index contributed by atoms with van der Waals surface area (Å²) in [6, 6.07) is 19.2. The van der Waals surface area contributed by atoms with Gasteiger partial charge in [0.15, 0.2) is 17.5 Å². The predicted octanol–water partition coefficient (Wildman–Crippen LogP) is 12.9. The van der Waals surface area contributed by atoms with E-state index in [1.54, 1.807) is 12.1 Å². The number of benzene rings is 7. The third-order valence-corrected chi connectivity index (χ3v) is 10.3.